The quantitative estimate of drug-likeness (QED) is 0.535. The molecular weight excluding hydrogens is 384 g/mol. The van der Waals surface area contributed by atoms with E-state index in [0.29, 0.717) is 38.0 Å². The van der Waals surface area contributed by atoms with Gasteiger partial charge in [-0.15, -0.1) is 10.2 Å². The van der Waals surface area contributed by atoms with Crippen molar-refractivity contribution in [1.29, 1.82) is 0 Å². The molecule has 8 nitrogen and oxygen atoms in total. The third-order valence-corrected chi connectivity index (χ3v) is 5.31. The van der Waals surface area contributed by atoms with Gasteiger partial charge in [-0.1, -0.05) is 34.3 Å². The Morgan fingerprint density at radius 1 is 1.20 bits per heavy atom. The van der Waals surface area contributed by atoms with Gasteiger partial charge in [-0.3, -0.25) is 0 Å². The Bertz CT molecular complexity index is 1030. The molecule has 25 heavy (non-hydrogen) atoms. The van der Waals surface area contributed by atoms with Crippen molar-refractivity contribution in [2.75, 3.05) is 5.73 Å². The van der Waals surface area contributed by atoms with E-state index in [4.69, 9.17) is 22.1 Å². The lowest BCUT2D eigenvalue weighted by molar-refractivity contribution is 0.292. The number of nitrogens with two attached hydrogens (primary N) is 1. The van der Waals surface area contributed by atoms with E-state index in [1.165, 1.54) is 22.7 Å². The Hall–Kier alpha value is -2.43. The molecule has 0 radical (unpaired) electrons. The Balaban J connectivity index is 1.52. The zero-order chi connectivity index (χ0) is 17.4. The maximum Gasteiger partial charge on any atom is 0.234 e. The van der Waals surface area contributed by atoms with Gasteiger partial charge in [0, 0.05) is 11.4 Å². The van der Waals surface area contributed by atoms with Crippen molar-refractivity contribution < 1.29 is 9.84 Å². The molecule has 0 bridgehead atoms. The van der Waals surface area contributed by atoms with Crippen LogP contribution < -0.4 is 10.5 Å². The minimum atomic E-state index is -0.0558. The molecular formula is C14H11ClN6O2S2. The highest BCUT2D eigenvalue weighted by atomic mass is 35.5. The van der Waals surface area contributed by atoms with E-state index < -0.39 is 0 Å². The largest absolute Gasteiger partial charge is 0.492 e. The lowest BCUT2D eigenvalue weighted by atomic mass is 10.3. The summed E-state index contributed by atoms with van der Waals surface area (Å²) >= 11 is 8.48. The van der Waals surface area contributed by atoms with E-state index in [2.05, 4.69) is 20.3 Å². The predicted molar refractivity (Wildman–Crippen MR) is 95.4 cm³/mol. The standard InChI is InChI=1S/C14H11ClN6O2S2/c15-7-1-3-8(4-2-7)23-6-10-18-19-14-21(10)20-11(25-14)5-9-12(22)17-13(16)24-9/h1-4,22H,5-6H2,(H2,16,17). The lowest BCUT2D eigenvalue weighted by Gasteiger charge is -2.03. The number of thiazole rings is 1. The molecule has 4 rings (SSSR count). The second-order valence-electron chi connectivity index (χ2n) is 5.02. The number of aromatic nitrogens is 5. The Morgan fingerprint density at radius 3 is 2.72 bits per heavy atom. The lowest BCUT2D eigenvalue weighted by Crippen LogP contribution is -2.02. The summed E-state index contributed by atoms with van der Waals surface area (Å²) in [4.78, 5) is 5.12. The van der Waals surface area contributed by atoms with Gasteiger partial charge in [-0.2, -0.15) is 14.6 Å². The maximum absolute atomic E-state index is 9.73. The predicted octanol–water partition coefficient (Wildman–Crippen LogP) is 2.75. The van der Waals surface area contributed by atoms with E-state index in [9.17, 15) is 5.11 Å². The van der Waals surface area contributed by atoms with Crippen LogP contribution in [-0.2, 0) is 13.0 Å². The number of anilines is 1. The summed E-state index contributed by atoms with van der Waals surface area (Å²) in [5.41, 5.74) is 5.59. The average Bonchev–Trinajstić information content (AvgIpc) is 3.22. The summed E-state index contributed by atoms with van der Waals surface area (Å²) < 4.78 is 7.32. The fraction of sp³-hybridized carbons (Fsp3) is 0.143. The molecule has 0 unspecified atom stereocenters. The Kier molecular flexibility index (Phi) is 4.15. The van der Waals surface area contributed by atoms with Crippen molar-refractivity contribution in [2.24, 2.45) is 0 Å². The number of rotatable bonds is 5. The van der Waals surface area contributed by atoms with Crippen LogP contribution in [0.4, 0.5) is 5.13 Å². The molecule has 3 heterocycles. The molecule has 0 saturated carbocycles. The monoisotopic (exact) mass is 394 g/mol. The maximum atomic E-state index is 9.73. The van der Waals surface area contributed by atoms with E-state index in [1.54, 1.807) is 28.8 Å². The first-order chi connectivity index (χ1) is 12.1. The minimum absolute atomic E-state index is 0.0558. The first-order valence-corrected chi connectivity index (χ1v) is 9.12. The number of fused-ring (bicyclic) bond motifs is 1. The van der Waals surface area contributed by atoms with Gasteiger partial charge in [0.05, 0.1) is 4.88 Å². The summed E-state index contributed by atoms with van der Waals surface area (Å²) in [6.07, 6.45) is 0.437. The van der Waals surface area contributed by atoms with Crippen molar-refractivity contribution >= 4 is 44.4 Å². The van der Waals surface area contributed by atoms with Gasteiger partial charge in [0.25, 0.3) is 0 Å². The van der Waals surface area contributed by atoms with Crippen LogP contribution in [0.1, 0.15) is 15.7 Å². The molecule has 0 aliphatic carbocycles. The van der Waals surface area contributed by atoms with Crippen LogP contribution in [0.15, 0.2) is 24.3 Å². The highest BCUT2D eigenvalue weighted by Crippen LogP contribution is 2.29. The summed E-state index contributed by atoms with van der Waals surface area (Å²) in [6, 6.07) is 7.07. The minimum Gasteiger partial charge on any atom is -0.492 e. The molecule has 128 valence electrons. The van der Waals surface area contributed by atoms with Crippen molar-refractivity contribution in [2.45, 2.75) is 13.0 Å². The third-order valence-electron chi connectivity index (χ3n) is 3.28. The number of halogens is 1. The number of ether oxygens (including phenoxy) is 1. The fourth-order valence-electron chi connectivity index (χ4n) is 2.15. The second kappa shape index (κ2) is 6.47. The summed E-state index contributed by atoms with van der Waals surface area (Å²) in [7, 11) is 0. The molecule has 1 aromatic carbocycles. The van der Waals surface area contributed by atoms with Gasteiger partial charge in [0.2, 0.25) is 10.8 Å². The van der Waals surface area contributed by atoms with Crippen LogP contribution >= 0.6 is 34.3 Å². The van der Waals surface area contributed by atoms with Crippen LogP contribution in [0.2, 0.25) is 5.02 Å². The molecule has 3 aromatic heterocycles. The smallest absolute Gasteiger partial charge is 0.234 e. The molecule has 0 fully saturated rings. The second-order valence-corrected chi connectivity index (χ2v) is 7.62. The van der Waals surface area contributed by atoms with Crippen LogP contribution in [0, 0.1) is 0 Å². The van der Waals surface area contributed by atoms with E-state index in [0.717, 1.165) is 5.01 Å². The van der Waals surface area contributed by atoms with E-state index >= 15 is 0 Å². The number of nitrogens with zero attached hydrogens (tertiary/aromatic N) is 5. The zero-order valence-electron chi connectivity index (χ0n) is 12.6. The van der Waals surface area contributed by atoms with Crippen LogP contribution in [-0.4, -0.2) is 29.9 Å². The normalized spacial score (nSPS) is 11.2. The molecule has 0 aliphatic rings. The topological polar surface area (TPSA) is 111 Å². The average molecular weight is 395 g/mol. The summed E-state index contributed by atoms with van der Waals surface area (Å²) in [6.45, 7) is 0.227. The van der Waals surface area contributed by atoms with Gasteiger partial charge in [0.15, 0.2) is 11.0 Å². The van der Waals surface area contributed by atoms with Gasteiger partial charge in [0.1, 0.15) is 17.4 Å². The summed E-state index contributed by atoms with van der Waals surface area (Å²) in [5.74, 6) is 1.21. The number of benzene rings is 1. The molecule has 0 spiro atoms. The Morgan fingerprint density at radius 2 is 2.00 bits per heavy atom. The molecule has 0 aliphatic heterocycles. The van der Waals surface area contributed by atoms with Crippen molar-refractivity contribution in [1.82, 2.24) is 24.8 Å². The van der Waals surface area contributed by atoms with Crippen molar-refractivity contribution in [3.63, 3.8) is 0 Å². The van der Waals surface area contributed by atoms with Gasteiger partial charge < -0.3 is 15.6 Å². The summed E-state index contributed by atoms with van der Waals surface area (Å²) in [5, 5.41) is 24.2. The Labute approximate surface area is 154 Å². The molecule has 4 aromatic rings. The highest BCUT2D eigenvalue weighted by Gasteiger charge is 2.16. The molecule has 0 amide bonds. The van der Waals surface area contributed by atoms with E-state index in [1.807, 2.05) is 0 Å². The molecule has 11 heteroatoms. The number of hydrogen-bond acceptors (Lipinski definition) is 9. The molecule has 0 atom stereocenters. The van der Waals surface area contributed by atoms with Gasteiger partial charge in [-0.25, -0.2) is 0 Å². The van der Waals surface area contributed by atoms with E-state index in [-0.39, 0.29) is 12.5 Å². The number of nitrogen functional groups attached to an aromatic ring is 1. The number of hydrogen-bond donors (Lipinski definition) is 2. The SMILES string of the molecule is Nc1nc(O)c(Cc2nn3c(COc4ccc(Cl)cc4)nnc3s2)s1. The fourth-order valence-corrected chi connectivity index (χ4v) is 3.96. The third kappa shape index (κ3) is 3.36. The molecule has 0 saturated heterocycles. The molecule has 3 N–H and O–H groups in total. The van der Waals surface area contributed by atoms with Gasteiger partial charge >= 0.3 is 0 Å². The van der Waals surface area contributed by atoms with Crippen molar-refractivity contribution in [3.05, 3.63) is 45.0 Å². The first kappa shape index (κ1) is 16.1. The van der Waals surface area contributed by atoms with Crippen LogP contribution in [0.25, 0.3) is 4.96 Å². The number of aromatic hydroxyl groups is 1. The van der Waals surface area contributed by atoms with Crippen LogP contribution in [0.5, 0.6) is 11.6 Å². The van der Waals surface area contributed by atoms with Crippen molar-refractivity contribution in [3.8, 4) is 11.6 Å². The van der Waals surface area contributed by atoms with Crippen LogP contribution in [0.3, 0.4) is 0 Å². The highest BCUT2D eigenvalue weighted by molar-refractivity contribution is 7.17. The first-order valence-electron chi connectivity index (χ1n) is 7.11. The van der Waals surface area contributed by atoms with Gasteiger partial charge in [-0.05, 0) is 24.3 Å². The zero-order valence-corrected chi connectivity index (χ0v) is 15.0.